The average Bonchev–Trinajstić information content (AvgIpc) is 2.83. The van der Waals surface area contributed by atoms with Gasteiger partial charge < -0.3 is 4.98 Å². The van der Waals surface area contributed by atoms with Crippen LogP contribution in [-0.2, 0) is 0 Å². The molecule has 100 valence electrons. The molecule has 0 aliphatic rings. The van der Waals surface area contributed by atoms with E-state index in [0.717, 1.165) is 16.6 Å². The van der Waals surface area contributed by atoms with Crippen molar-refractivity contribution in [1.29, 1.82) is 0 Å². The molecule has 0 fully saturated rings. The highest BCUT2D eigenvalue weighted by Crippen LogP contribution is 2.35. The molecule has 0 saturated heterocycles. The molecule has 0 aliphatic heterocycles. The van der Waals surface area contributed by atoms with Gasteiger partial charge in [0.15, 0.2) is 0 Å². The highest BCUT2D eigenvalue weighted by molar-refractivity contribution is 6.33. The number of para-hydroxylation sites is 2. The number of aromatic amines is 1. The summed E-state index contributed by atoms with van der Waals surface area (Å²) < 4.78 is 0. The van der Waals surface area contributed by atoms with Crippen LogP contribution < -0.4 is 0 Å². The average molecular weight is 288 g/mol. The van der Waals surface area contributed by atoms with Gasteiger partial charge in [0.25, 0.3) is 5.69 Å². The van der Waals surface area contributed by atoms with Crippen LogP contribution in [-0.4, -0.2) is 14.9 Å². The molecule has 3 aromatic rings. The van der Waals surface area contributed by atoms with Crippen molar-refractivity contribution in [2.24, 2.45) is 0 Å². The summed E-state index contributed by atoms with van der Waals surface area (Å²) in [6.45, 7) is 1.94. The largest absolute Gasteiger partial charge is 0.338 e. The molecule has 0 atom stereocenters. The first-order valence-electron chi connectivity index (χ1n) is 5.96. The van der Waals surface area contributed by atoms with Crippen molar-refractivity contribution < 1.29 is 4.92 Å². The van der Waals surface area contributed by atoms with Crippen LogP contribution >= 0.6 is 11.6 Å². The van der Waals surface area contributed by atoms with Gasteiger partial charge in [-0.1, -0.05) is 29.8 Å². The first-order valence-corrected chi connectivity index (χ1v) is 6.34. The van der Waals surface area contributed by atoms with Crippen molar-refractivity contribution in [1.82, 2.24) is 9.97 Å². The zero-order chi connectivity index (χ0) is 14.3. The molecule has 0 unspecified atom stereocenters. The molecular weight excluding hydrogens is 278 g/mol. The Bertz CT molecular complexity index is 826. The lowest BCUT2D eigenvalue weighted by Crippen LogP contribution is -1.94. The van der Waals surface area contributed by atoms with Crippen LogP contribution in [0.15, 0.2) is 36.4 Å². The van der Waals surface area contributed by atoms with Crippen LogP contribution in [0.4, 0.5) is 5.69 Å². The first kappa shape index (κ1) is 12.6. The molecule has 1 N–H and O–H groups in total. The van der Waals surface area contributed by atoms with E-state index in [2.05, 4.69) is 9.97 Å². The van der Waals surface area contributed by atoms with E-state index < -0.39 is 4.92 Å². The van der Waals surface area contributed by atoms with Crippen molar-refractivity contribution in [3.63, 3.8) is 0 Å². The number of aromatic nitrogens is 2. The van der Waals surface area contributed by atoms with Crippen molar-refractivity contribution in [3.05, 3.63) is 57.1 Å². The van der Waals surface area contributed by atoms with Crippen LogP contribution in [0.25, 0.3) is 22.4 Å². The third kappa shape index (κ3) is 1.92. The van der Waals surface area contributed by atoms with E-state index in [0.29, 0.717) is 11.4 Å². The summed E-state index contributed by atoms with van der Waals surface area (Å²) in [6, 6.07) is 10.5. The van der Waals surface area contributed by atoms with Crippen LogP contribution in [0, 0.1) is 17.0 Å². The zero-order valence-electron chi connectivity index (χ0n) is 10.6. The summed E-state index contributed by atoms with van der Waals surface area (Å²) in [6.07, 6.45) is 0. The number of hydrogen-bond acceptors (Lipinski definition) is 3. The number of aryl methyl sites for hydroxylation is 1. The van der Waals surface area contributed by atoms with Gasteiger partial charge in [-0.3, -0.25) is 10.1 Å². The quantitative estimate of drug-likeness (QED) is 0.570. The molecule has 1 heterocycles. The maximum Gasteiger partial charge on any atom is 0.298 e. The predicted molar refractivity (Wildman–Crippen MR) is 77.9 cm³/mol. The maximum absolute atomic E-state index is 11.2. The Kier molecular flexibility index (Phi) is 2.91. The van der Waals surface area contributed by atoms with Crippen LogP contribution in [0.2, 0.25) is 5.02 Å². The topological polar surface area (TPSA) is 71.8 Å². The number of halogens is 1. The number of nitrogens with zero attached hydrogens (tertiary/aromatic N) is 2. The van der Waals surface area contributed by atoms with Gasteiger partial charge in [-0.05, 0) is 30.7 Å². The second-order valence-corrected chi connectivity index (χ2v) is 4.86. The minimum atomic E-state index is -0.488. The number of imidazole rings is 1. The van der Waals surface area contributed by atoms with E-state index in [4.69, 9.17) is 11.6 Å². The minimum absolute atomic E-state index is 0.102. The van der Waals surface area contributed by atoms with E-state index in [9.17, 15) is 10.1 Å². The Balaban J connectivity index is 2.29. The van der Waals surface area contributed by atoms with Crippen molar-refractivity contribution in [3.8, 4) is 11.4 Å². The van der Waals surface area contributed by atoms with Crippen molar-refractivity contribution in [2.75, 3.05) is 0 Å². The molecule has 0 aliphatic carbocycles. The van der Waals surface area contributed by atoms with Gasteiger partial charge in [0.2, 0.25) is 0 Å². The molecule has 3 rings (SSSR count). The number of nitro groups is 1. The molecule has 0 spiro atoms. The second kappa shape index (κ2) is 4.61. The molecule has 1 aromatic heterocycles. The van der Waals surface area contributed by atoms with Gasteiger partial charge >= 0.3 is 0 Å². The zero-order valence-corrected chi connectivity index (χ0v) is 11.3. The predicted octanol–water partition coefficient (Wildman–Crippen LogP) is 4.10. The third-order valence-corrected chi connectivity index (χ3v) is 3.44. The fourth-order valence-electron chi connectivity index (χ4n) is 2.20. The summed E-state index contributed by atoms with van der Waals surface area (Å²) in [4.78, 5) is 18.2. The summed E-state index contributed by atoms with van der Waals surface area (Å²) >= 11 is 5.92. The highest BCUT2D eigenvalue weighted by atomic mass is 35.5. The molecule has 0 radical (unpaired) electrons. The van der Waals surface area contributed by atoms with Crippen LogP contribution in [0.3, 0.4) is 0 Å². The molecule has 6 heteroatoms. The van der Waals surface area contributed by atoms with E-state index in [1.54, 1.807) is 12.1 Å². The smallest absolute Gasteiger partial charge is 0.298 e. The molecule has 0 bridgehead atoms. The van der Waals surface area contributed by atoms with E-state index in [1.807, 2.05) is 25.1 Å². The van der Waals surface area contributed by atoms with E-state index in [1.165, 1.54) is 6.07 Å². The standard InChI is InChI=1S/C14H10ClN3O2/c1-8-4-2-7-11-12(8)17-14(16-11)9-5-3-6-10(15)13(9)18(19)20/h2-7H,1H3,(H,16,17). The Morgan fingerprint density at radius 3 is 2.70 bits per heavy atom. The molecule has 0 saturated carbocycles. The number of hydrogen-bond donors (Lipinski definition) is 1. The lowest BCUT2D eigenvalue weighted by atomic mass is 10.1. The Morgan fingerprint density at radius 1 is 1.25 bits per heavy atom. The fourth-order valence-corrected chi connectivity index (χ4v) is 2.44. The molecular formula is C14H10ClN3O2. The summed E-state index contributed by atoms with van der Waals surface area (Å²) in [5, 5.41) is 11.3. The van der Waals surface area contributed by atoms with Crippen LogP contribution in [0.5, 0.6) is 0 Å². The van der Waals surface area contributed by atoms with Crippen molar-refractivity contribution >= 4 is 28.3 Å². The summed E-state index contributed by atoms with van der Waals surface area (Å²) in [5.41, 5.74) is 2.91. The van der Waals surface area contributed by atoms with Crippen molar-refractivity contribution in [2.45, 2.75) is 6.92 Å². The molecule has 2 aromatic carbocycles. The Morgan fingerprint density at radius 2 is 2.00 bits per heavy atom. The van der Waals surface area contributed by atoms with Gasteiger partial charge in [0.05, 0.1) is 21.5 Å². The van der Waals surface area contributed by atoms with Crippen LogP contribution in [0.1, 0.15) is 5.56 Å². The third-order valence-electron chi connectivity index (χ3n) is 3.14. The maximum atomic E-state index is 11.2. The first-order chi connectivity index (χ1) is 9.58. The number of H-pyrrole nitrogens is 1. The summed E-state index contributed by atoms with van der Waals surface area (Å²) in [5.74, 6) is 0.448. The van der Waals surface area contributed by atoms with Gasteiger partial charge in [-0.2, -0.15) is 0 Å². The molecule has 20 heavy (non-hydrogen) atoms. The molecule has 5 nitrogen and oxygen atoms in total. The van der Waals surface area contributed by atoms with Gasteiger partial charge in [-0.25, -0.2) is 4.98 Å². The fraction of sp³-hybridized carbons (Fsp3) is 0.0714. The van der Waals surface area contributed by atoms with Gasteiger partial charge in [-0.15, -0.1) is 0 Å². The Hall–Kier alpha value is -2.40. The van der Waals surface area contributed by atoms with E-state index >= 15 is 0 Å². The van der Waals surface area contributed by atoms with Gasteiger partial charge in [0.1, 0.15) is 10.8 Å². The second-order valence-electron chi connectivity index (χ2n) is 4.45. The SMILES string of the molecule is Cc1cccc2[nH]c(-c3cccc(Cl)c3[N+](=O)[O-])nc12. The number of fused-ring (bicyclic) bond motifs is 1. The van der Waals surface area contributed by atoms with Gasteiger partial charge in [0, 0.05) is 0 Å². The number of benzene rings is 2. The number of nitrogens with one attached hydrogen (secondary N) is 1. The Labute approximate surface area is 119 Å². The summed E-state index contributed by atoms with van der Waals surface area (Å²) in [7, 11) is 0. The number of rotatable bonds is 2. The van der Waals surface area contributed by atoms with E-state index in [-0.39, 0.29) is 10.7 Å². The molecule has 0 amide bonds. The lowest BCUT2D eigenvalue weighted by Gasteiger charge is -2.00. The lowest BCUT2D eigenvalue weighted by molar-refractivity contribution is -0.384. The highest BCUT2D eigenvalue weighted by Gasteiger charge is 2.21. The number of nitro benzene ring substituents is 1. The normalized spacial score (nSPS) is 10.9. The minimum Gasteiger partial charge on any atom is -0.338 e. The monoisotopic (exact) mass is 287 g/mol.